The average Bonchev–Trinajstić information content (AvgIpc) is 3.36. The van der Waals surface area contributed by atoms with Crippen LogP contribution in [-0.4, -0.2) is 44.2 Å². The molecule has 0 aliphatic heterocycles. The highest BCUT2D eigenvalue weighted by molar-refractivity contribution is 7.89. The van der Waals surface area contributed by atoms with E-state index in [4.69, 9.17) is 15.2 Å². The molecule has 10 nitrogen and oxygen atoms in total. The van der Waals surface area contributed by atoms with E-state index in [1.807, 2.05) is 48.5 Å². The molecule has 4 N–H and O–H groups in total. The molecule has 0 bridgehead atoms. The second kappa shape index (κ2) is 10.8. The number of nitrogens with two attached hydrogens (primary N) is 1. The summed E-state index contributed by atoms with van der Waals surface area (Å²) in [6.07, 6.45) is 3.02. The molecule has 1 fully saturated rings. The Morgan fingerprint density at radius 3 is 2.57 bits per heavy atom. The van der Waals surface area contributed by atoms with Gasteiger partial charge in [-0.2, -0.15) is 5.10 Å². The van der Waals surface area contributed by atoms with Gasteiger partial charge in [0.25, 0.3) is 0 Å². The molecule has 0 spiro atoms. The molecule has 0 amide bonds. The van der Waals surface area contributed by atoms with Crippen LogP contribution in [0.3, 0.4) is 0 Å². The minimum absolute atomic E-state index is 0.0755. The number of sulfonamides is 1. The third-order valence-corrected chi connectivity index (χ3v) is 9.40. The number of hydrogen-bond donors (Lipinski definition) is 3. The highest BCUT2D eigenvalue weighted by Crippen LogP contribution is 2.39. The van der Waals surface area contributed by atoms with Gasteiger partial charge < -0.3 is 10.1 Å². The number of halogens is 1. The van der Waals surface area contributed by atoms with Gasteiger partial charge in [-0.05, 0) is 61.1 Å². The predicted octanol–water partition coefficient (Wildman–Crippen LogP) is 5.57. The summed E-state index contributed by atoms with van der Waals surface area (Å²) >= 11 is 1.18. The molecule has 1 aliphatic rings. The van der Waals surface area contributed by atoms with Crippen LogP contribution in [0.5, 0.6) is 0 Å². The summed E-state index contributed by atoms with van der Waals surface area (Å²) in [5, 5.41) is 21.6. The average molecular weight is 629 g/mol. The first-order valence-electron chi connectivity index (χ1n) is 13.8. The summed E-state index contributed by atoms with van der Waals surface area (Å²) in [5.41, 5.74) is 6.12. The molecule has 0 unspecified atom stereocenters. The second-order valence-electron chi connectivity index (χ2n) is 10.8. The normalized spacial score (nSPS) is 13.5. The molecule has 1 saturated carbocycles. The standard InChI is InChI=1S/C31H25FN6O4S2/c32-22-13-18(10-11-27(22)44(33,41)42)12-21-26(14-17-8-9-17)38(31-36-25(16-43-31)30(39)40)37-28(21)19-4-3-5-20(15-19)29-34-23-6-1-2-7-24(23)35-29/h1-7,10-11,13,15-17H,8-9,12,14H2,(H,34,35)(H,39,40)(H2,33,41,42). The lowest BCUT2D eigenvalue weighted by atomic mass is 9.96. The third-order valence-electron chi connectivity index (χ3n) is 7.64. The number of nitrogens with one attached hydrogen (secondary N) is 1. The Morgan fingerprint density at radius 2 is 1.86 bits per heavy atom. The van der Waals surface area contributed by atoms with Gasteiger partial charge in [0.15, 0.2) is 5.69 Å². The lowest BCUT2D eigenvalue weighted by molar-refractivity contribution is 0.0691. The fraction of sp³-hybridized carbons (Fsp3) is 0.161. The number of rotatable bonds is 9. The Kier molecular flexibility index (Phi) is 6.87. The number of thiazole rings is 1. The van der Waals surface area contributed by atoms with Crippen molar-refractivity contribution in [3.8, 4) is 27.8 Å². The first-order valence-corrected chi connectivity index (χ1v) is 16.2. The van der Waals surface area contributed by atoms with Crippen LogP contribution in [0.1, 0.15) is 40.2 Å². The van der Waals surface area contributed by atoms with Crippen LogP contribution < -0.4 is 5.14 Å². The first-order chi connectivity index (χ1) is 21.1. The molecule has 3 heterocycles. The Morgan fingerprint density at radius 1 is 1.07 bits per heavy atom. The monoisotopic (exact) mass is 628 g/mol. The molecular weight excluding hydrogens is 604 g/mol. The lowest BCUT2D eigenvalue weighted by Crippen LogP contribution is -2.14. The number of fused-ring (bicyclic) bond motifs is 1. The molecular formula is C31H25FN6O4S2. The fourth-order valence-electron chi connectivity index (χ4n) is 5.32. The van der Waals surface area contributed by atoms with Crippen LogP contribution in [0.2, 0.25) is 0 Å². The van der Waals surface area contributed by atoms with Crippen molar-refractivity contribution >= 4 is 38.4 Å². The molecule has 44 heavy (non-hydrogen) atoms. The molecule has 13 heteroatoms. The summed E-state index contributed by atoms with van der Waals surface area (Å²) in [5.74, 6) is -0.938. The number of aromatic nitrogens is 5. The topological polar surface area (TPSA) is 157 Å². The number of H-pyrrole nitrogens is 1. The number of imidazole rings is 1. The van der Waals surface area contributed by atoms with Crippen molar-refractivity contribution in [2.75, 3.05) is 0 Å². The van der Waals surface area contributed by atoms with Gasteiger partial charge in [-0.25, -0.2) is 37.4 Å². The van der Waals surface area contributed by atoms with E-state index >= 15 is 0 Å². The van der Waals surface area contributed by atoms with Crippen LogP contribution in [0.15, 0.2) is 77.0 Å². The number of primary sulfonamides is 1. The van der Waals surface area contributed by atoms with E-state index in [2.05, 4.69) is 9.97 Å². The Balaban J connectivity index is 1.39. The van der Waals surface area contributed by atoms with Crippen molar-refractivity contribution in [1.29, 1.82) is 0 Å². The summed E-state index contributed by atoms with van der Waals surface area (Å²) in [4.78, 5) is 23.5. The number of carbonyl (C=O) groups is 1. The number of hydrogen-bond acceptors (Lipinski definition) is 7. The van der Waals surface area contributed by atoms with Gasteiger partial charge in [-0.3, -0.25) is 0 Å². The third kappa shape index (κ3) is 5.41. The number of aromatic amines is 1. The van der Waals surface area contributed by atoms with Crippen LogP contribution in [-0.2, 0) is 22.9 Å². The Labute approximate surface area is 255 Å². The number of aromatic carboxylic acids is 1. The number of para-hydroxylation sites is 2. The van der Waals surface area contributed by atoms with E-state index < -0.39 is 26.7 Å². The molecule has 0 radical (unpaired) electrons. The smallest absolute Gasteiger partial charge is 0.355 e. The fourth-order valence-corrected chi connectivity index (χ4v) is 6.68. The van der Waals surface area contributed by atoms with Gasteiger partial charge in [-0.1, -0.05) is 36.4 Å². The summed E-state index contributed by atoms with van der Waals surface area (Å²) < 4.78 is 40.3. The SMILES string of the molecule is NS(=O)(=O)c1ccc(Cc2c(-c3cccc(-c4nc5ccccc5[nH]4)c3)nn(-c3nc(C(=O)O)cs3)c2CC2CC2)cc1F. The largest absolute Gasteiger partial charge is 0.476 e. The van der Waals surface area contributed by atoms with Gasteiger partial charge >= 0.3 is 5.97 Å². The zero-order valence-electron chi connectivity index (χ0n) is 23.1. The van der Waals surface area contributed by atoms with Crippen molar-refractivity contribution in [2.45, 2.75) is 30.6 Å². The van der Waals surface area contributed by atoms with Crippen LogP contribution in [0.4, 0.5) is 4.39 Å². The van der Waals surface area contributed by atoms with Gasteiger partial charge in [-0.15, -0.1) is 11.3 Å². The maximum Gasteiger partial charge on any atom is 0.355 e. The van der Waals surface area contributed by atoms with E-state index in [1.54, 1.807) is 10.7 Å². The number of nitrogens with zero attached hydrogens (tertiary/aromatic N) is 4. The van der Waals surface area contributed by atoms with E-state index in [1.165, 1.54) is 28.8 Å². The van der Waals surface area contributed by atoms with E-state index in [0.29, 0.717) is 34.6 Å². The highest BCUT2D eigenvalue weighted by Gasteiger charge is 2.30. The highest BCUT2D eigenvalue weighted by atomic mass is 32.2. The molecule has 0 atom stereocenters. The first kappa shape index (κ1) is 28.1. The lowest BCUT2D eigenvalue weighted by Gasteiger charge is -2.10. The molecule has 3 aromatic carbocycles. The number of carboxylic acids is 1. The molecule has 7 rings (SSSR count). The second-order valence-corrected chi connectivity index (χ2v) is 13.2. The maximum absolute atomic E-state index is 14.9. The van der Waals surface area contributed by atoms with E-state index in [9.17, 15) is 22.7 Å². The maximum atomic E-state index is 14.9. The summed E-state index contributed by atoms with van der Waals surface area (Å²) in [6, 6.07) is 19.4. The predicted molar refractivity (Wildman–Crippen MR) is 164 cm³/mol. The number of benzene rings is 3. The minimum Gasteiger partial charge on any atom is -0.476 e. The minimum atomic E-state index is -4.22. The van der Waals surface area contributed by atoms with Crippen LogP contribution in [0, 0.1) is 11.7 Å². The van der Waals surface area contributed by atoms with Gasteiger partial charge in [0.1, 0.15) is 16.5 Å². The van der Waals surface area contributed by atoms with Crippen molar-refractivity contribution < 1.29 is 22.7 Å². The molecule has 6 aromatic rings. The molecule has 0 saturated heterocycles. The van der Waals surface area contributed by atoms with Crippen molar-refractivity contribution in [2.24, 2.45) is 11.1 Å². The van der Waals surface area contributed by atoms with Crippen LogP contribution >= 0.6 is 11.3 Å². The van der Waals surface area contributed by atoms with Crippen molar-refractivity contribution in [1.82, 2.24) is 24.7 Å². The Bertz CT molecular complexity index is 2150. The molecule has 3 aromatic heterocycles. The van der Waals surface area contributed by atoms with Gasteiger partial charge in [0, 0.05) is 28.5 Å². The van der Waals surface area contributed by atoms with Gasteiger partial charge in [0.05, 0.1) is 22.4 Å². The van der Waals surface area contributed by atoms with Crippen molar-refractivity contribution in [3.63, 3.8) is 0 Å². The summed E-state index contributed by atoms with van der Waals surface area (Å²) in [6.45, 7) is 0. The zero-order valence-corrected chi connectivity index (χ0v) is 24.7. The molecule has 1 aliphatic carbocycles. The number of carboxylic acid groups (broad SMARTS) is 1. The van der Waals surface area contributed by atoms with Gasteiger partial charge in [0.2, 0.25) is 15.2 Å². The quantitative estimate of drug-likeness (QED) is 0.189. The summed E-state index contributed by atoms with van der Waals surface area (Å²) in [7, 11) is -4.22. The Hall–Kier alpha value is -4.72. The zero-order chi connectivity index (χ0) is 30.6. The van der Waals surface area contributed by atoms with Crippen LogP contribution in [0.25, 0.3) is 38.8 Å². The van der Waals surface area contributed by atoms with E-state index in [0.717, 1.165) is 46.3 Å². The van der Waals surface area contributed by atoms with Crippen molar-refractivity contribution in [3.05, 3.63) is 100 Å². The molecule has 222 valence electrons. The van der Waals surface area contributed by atoms with E-state index in [-0.39, 0.29) is 12.1 Å².